The number of hydrogen-bond acceptors (Lipinski definition) is 6. The third-order valence-corrected chi connectivity index (χ3v) is 2.90. The molecule has 0 bridgehead atoms. The van der Waals surface area contributed by atoms with Crippen molar-refractivity contribution in [3.63, 3.8) is 0 Å². The quantitative estimate of drug-likeness (QED) is 0.800. The van der Waals surface area contributed by atoms with Gasteiger partial charge < -0.3 is 9.57 Å². The van der Waals surface area contributed by atoms with E-state index >= 15 is 0 Å². The molecule has 0 N–H and O–H groups in total. The molecule has 1 aromatic carbocycles. The Morgan fingerprint density at radius 2 is 2.25 bits per heavy atom. The summed E-state index contributed by atoms with van der Waals surface area (Å²) in [5.41, 5.74) is 0. The summed E-state index contributed by atoms with van der Waals surface area (Å²) in [4.78, 5) is 21.6. The molecule has 2 rings (SSSR count). The highest BCUT2D eigenvalue weighted by Gasteiger charge is 2.30. The van der Waals surface area contributed by atoms with E-state index in [0.29, 0.717) is 15.8 Å². The van der Waals surface area contributed by atoms with Gasteiger partial charge in [0.05, 0.1) is 5.02 Å². The normalized spacial score (nSPS) is 17.6. The molecule has 0 aromatic heterocycles. The zero-order valence-corrected chi connectivity index (χ0v) is 12.2. The molecule has 1 heterocycles. The van der Waals surface area contributed by atoms with Crippen molar-refractivity contribution in [2.75, 3.05) is 14.1 Å². The van der Waals surface area contributed by atoms with Crippen molar-refractivity contribution in [3.8, 4) is 5.75 Å². The van der Waals surface area contributed by atoms with E-state index in [1.165, 1.54) is 5.06 Å². The van der Waals surface area contributed by atoms with Crippen molar-refractivity contribution in [1.29, 1.82) is 0 Å². The monoisotopic (exact) mass is 315 g/mol. The summed E-state index contributed by atoms with van der Waals surface area (Å²) >= 11 is 11.8. The fourth-order valence-electron chi connectivity index (χ4n) is 1.50. The molecule has 0 aliphatic carbocycles. The maximum Gasteiger partial charge on any atom is 0.418 e. The topological polar surface area (TPSA) is 54.4 Å². The van der Waals surface area contributed by atoms with E-state index in [9.17, 15) is 4.79 Å². The zero-order chi connectivity index (χ0) is 14.7. The van der Waals surface area contributed by atoms with Gasteiger partial charge in [-0.05, 0) is 32.3 Å². The molecule has 1 aliphatic heterocycles. The lowest BCUT2D eigenvalue weighted by Gasteiger charge is -2.21. The molecule has 1 atom stereocenters. The summed E-state index contributed by atoms with van der Waals surface area (Å²) in [6.45, 7) is 0. The third kappa shape index (κ3) is 3.23. The maximum absolute atomic E-state index is 10.4. The van der Waals surface area contributed by atoms with E-state index in [0.717, 1.165) is 6.20 Å². The predicted molar refractivity (Wildman–Crippen MR) is 75.2 cm³/mol. The van der Waals surface area contributed by atoms with Crippen LogP contribution in [0.3, 0.4) is 0 Å². The first-order chi connectivity index (χ1) is 9.51. The minimum absolute atomic E-state index is 0.0283. The van der Waals surface area contributed by atoms with Crippen molar-refractivity contribution in [2.24, 2.45) is 4.99 Å². The number of carbonyl (C=O) groups excluding carboxylic acids is 1. The van der Waals surface area contributed by atoms with Crippen LogP contribution in [0.2, 0.25) is 10.0 Å². The minimum Gasteiger partial charge on any atom is -0.408 e. The Bertz CT molecular complexity index is 585. The average Bonchev–Trinajstić information content (AvgIpc) is 2.76. The number of rotatable bonds is 3. The molecule has 0 fully saturated rings. The third-order valence-electron chi connectivity index (χ3n) is 2.37. The number of benzene rings is 1. The van der Waals surface area contributed by atoms with Gasteiger partial charge in [-0.3, -0.25) is 4.90 Å². The second-order valence-electron chi connectivity index (χ2n) is 4.08. The molecule has 6 nitrogen and oxygen atoms in total. The number of aliphatic imine (C=N–C) groups is 1. The van der Waals surface area contributed by atoms with Gasteiger partial charge in [0.25, 0.3) is 0 Å². The van der Waals surface area contributed by atoms with Gasteiger partial charge in [0.15, 0.2) is 5.75 Å². The minimum atomic E-state index is -0.516. The molecule has 8 heteroatoms. The van der Waals surface area contributed by atoms with Crippen molar-refractivity contribution in [3.05, 3.63) is 34.4 Å². The summed E-state index contributed by atoms with van der Waals surface area (Å²) < 4.78 is 5.44. The van der Waals surface area contributed by atoms with Crippen LogP contribution < -0.4 is 4.74 Å². The lowest BCUT2D eigenvalue weighted by atomic mass is 10.3. The Morgan fingerprint density at radius 1 is 1.50 bits per heavy atom. The highest BCUT2D eigenvalue weighted by Crippen LogP contribution is 2.28. The van der Waals surface area contributed by atoms with Crippen LogP contribution in [0.25, 0.3) is 0 Å². The first-order valence-corrected chi connectivity index (χ1v) is 6.31. The van der Waals surface area contributed by atoms with Gasteiger partial charge in [-0.1, -0.05) is 23.2 Å². The molecule has 0 saturated heterocycles. The smallest absolute Gasteiger partial charge is 0.408 e. The molecule has 0 amide bonds. The van der Waals surface area contributed by atoms with Crippen molar-refractivity contribution >= 4 is 35.2 Å². The van der Waals surface area contributed by atoms with Crippen molar-refractivity contribution < 1.29 is 14.4 Å². The molecule has 20 heavy (non-hydrogen) atoms. The van der Waals surface area contributed by atoms with E-state index in [1.54, 1.807) is 43.1 Å². The Kier molecular flexibility index (Phi) is 4.52. The lowest BCUT2D eigenvalue weighted by Crippen LogP contribution is -2.36. The summed E-state index contributed by atoms with van der Waals surface area (Å²) in [6.07, 6.45) is 0.547. The van der Waals surface area contributed by atoms with E-state index in [4.69, 9.17) is 32.8 Å². The van der Waals surface area contributed by atoms with Gasteiger partial charge in [0.1, 0.15) is 12.1 Å². The van der Waals surface area contributed by atoms with E-state index < -0.39 is 6.29 Å². The number of hydroxylamine groups is 2. The molecule has 1 aromatic rings. The molecule has 0 saturated carbocycles. The summed E-state index contributed by atoms with van der Waals surface area (Å²) in [7, 11) is 3.56. The van der Waals surface area contributed by atoms with Crippen LogP contribution in [-0.4, -0.2) is 42.4 Å². The van der Waals surface area contributed by atoms with Gasteiger partial charge in [-0.25, -0.2) is 4.79 Å². The molecule has 0 radical (unpaired) electrons. The molecular formula is C12H11Cl2N3O3. The van der Waals surface area contributed by atoms with Crippen LogP contribution in [0, 0.1) is 0 Å². The molecule has 0 spiro atoms. The maximum atomic E-state index is 10.4. The first-order valence-electron chi connectivity index (χ1n) is 5.55. The number of halogens is 2. The van der Waals surface area contributed by atoms with Crippen LogP contribution in [0.15, 0.2) is 29.4 Å². The van der Waals surface area contributed by atoms with Gasteiger partial charge in [-0.15, -0.1) is 0 Å². The summed E-state index contributed by atoms with van der Waals surface area (Å²) in [5, 5.41) is 2.04. The lowest BCUT2D eigenvalue weighted by molar-refractivity contribution is -0.0835. The fraction of sp³-hybridized carbons (Fsp3) is 0.250. The Morgan fingerprint density at radius 3 is 2.85 bits per heavy atom. The van der Waals surface area contributed by atoms with Gasteiger partial charge in [-0.2, -0.15) is 10.1 Å². The van der Waals surface area contributed by atoms with Gasteiger partial charge >= 0.3 is 6.08 Å². The van der Waals surface area contributed by atoms with Crippen LogP contribution in [0.4, 0.5) is 0 Å². The van der Waals surface area contributed by atoms with E-state index in [2.05, 4.69) is 4.99 Å². The average molecular weight is 316 g/mol. The largest absolute Gasteiger partial charge is 0.418 e. The van der Waals surface area contributed by atoms with Crippen molar-refractivity contribution in [2.45, 2.75) is 6.29 Å². The number of nitrogens with zero attached hydrogens (tertiary/aromatic N) is 3. The van der Waals surface area contributed by atoms with Gasteiger partial charge in [0.2, 0.25) is 6.29 Å². The predicted octanol–water partition coefficient (Wildman–Crippen LogP) is 2.17. The number of ether oxygens (including phenoxy) is 1. The second kappa shape index (κ2) is 6.15. The Labute approximate surface area is 125 Å². The highest BCUT2D eigenvalue weighted by molar-refractivity contribution is 6.35. The zero-order valence-electron chi connectivity index (χ0n) is 10.7. The van der Waals surface area contributed by atoms with E-state index in [-0.39, 0.29) is 6.08 Å². The molecular weight excluding hydrogens is 305 g/mol. The first kappa shape index (κ1) is 14.7. The summed E-state index contributed by atoms with van der Waals surface area (Å²) in [6, 6.07) is 4.77. The summed E-state index contributed by atoms with van der Waals surface area (Å²) in [5.74, 6) is 1.98. The standard InChI is InChI=1S/C12H11Cl2N3O3/c1-16(2)11-15-12(20-17(11)5-6-18)19-10-4-3-8(13)7-9(10)14/h3-5,7,11H,1-2H3. The van der Waals surface area contributed by atoms with Gasteiger partial charge in [0, 0.05) is 5.02 Å². The van der Waals surface area contributed by atoms with Crippen LogP contribution >= 0.6 is 23.2 Å². The van der Waals surface area contributed by atoms with Crippen LogP contribution in [-0.2, 0) is 9.63 Å². The van der Waals surface area contributed by atoms with Crippen LogP contribution in [0.1, 0.15) is 0 Å². The second-order valence-corrected chi connectivity index (χ2v) is 4.92. The Balaban J connectivity index is 2.17. The highest BCUT2D eigenvalue weighted by atomic mass is 35.5. The molecule has 1 unspecified atom stereocenters. The SMILES string of the molecule is CN(C)C1N=C(Oc2ccc(Cl)cc2Cl)ON1C=C=O. The number of hydrogen-bond donors (Lipinski definition) is 0. The van der Waals surface area contributed by atoms with Crippen molar-refractivity contribution in [1.82, 2.24) is 9.96 Å². The van der Waals surface area contributed by atoms with E-state index in [1.807, 2.05) is 0 Å². The fourth-order valence-corrected chi connectivity index (χ4v) is 1.94. The molecule has 1 aliphatic rings. The Hall–Kier alpha value is -1.72. The molecule has 106 valence electrons. The van der Waals surface area contributed by atoms with Crippen LogP contribution in [0.5, 0.6) is 5.75 Å².